The van der Waals surface area contributed by atoms with Gasteiger partial charge in [0.1, 0.15) is 0 Å². The third-order valence-corrected chi connectivity index (χ3v) is 4.62. The quantitative estimate of drug-likeness (QED) is 0.590. The molecule has 0 unspecified atom stereocenters. The molecule has 2 fully saturated rings. The summed E-state index contributed by atoms with van der Waals surface area (Å²) in [5, 5.41) is 0. The van der Waals surface area contributed by atoms with Gasteiger partial charge in [-0.3, -0.25) is 24.1 Å². The summed E-state index contributed by atoms with van der Waals surface area (Å²) >= 11 is 0. The highest BCUT2D eigenvalue weighted by atomic mass is 16.2. The first-order valence-electron chi connectivity index (χ1n) is 7.66. The van der Waals surface area contributed by atoms with Gasteiger partial charge in [-0.25, -0.2) is 0 Å². The number of Topliss-reactive ketones (excluding diaryl/α,β-unsaturated/α-hetero) is 1. The number of fused-ring (bicyclic) bond motifs is 1. The molecule has 0 saturated carbocycles. The van der Waals surface area contributed by atoms with Crippen molar-refractivity contribution in [2.45, 2.75) is 12.8 Å². The molecule has 2 heterocycles. The Kier molecular flexibility index (Phi) is 3.98. The Bertz CT molecular complexity index is 646. The molecule has 6 nitrogen and oxygen atoms in total. The first-order valence-corrected chi connectivity index (χ1v) is 7.66. The van der Waals surface area contributed by atoms with E-state index in [0.717, 1.165) is 10.5 Å². The van der Waals surface area contributed by atoms with Gasteiger partial charge in [-0.1, -0.05) is 30.3 Å². The highest BCUT2D eigenvalue weighted by Crippen LogP contribution is 2.32. The fraction of sp³-hybridized carbons (Fsp3) is 0.412. The fourth-order valence-electron chi connectivity index (χ4n) is 3.26. The zero-order valence-corrected chi connectivity index (χ0v) is 12.9. The predicted octanol–water partition coefficient (Wildman–Crippen LogP) is 0.261. The molecule has 23 heavy (non-hydrogen) atoms. The van der Waals surface area contributed by atoms with Gasteiger partial charge < -0.3 is 4.90 Å². The van der Waals surface area contributed by atoms with E-state index >= 15 is 0 Å². The number of rotatable bonds is 4. The molecule has 3 amide bonds. The van der Waals surface area contributed by atoms with Crippen molar-refractivity contribution >= 4 is 23.5 Å². The van der Waals surface area contributed by atoms with Gasteiger partial charge in [0.05, 0.1) is 11.8 Å². The number of carbonyl (C=O) groups is 4. The molecule has 1 aromatic carbocycles. The molecule has 2 aliphatic heterocycles. The van der Waals surface area contributed by atoms with Crippen LogP contribution in [0, 0.1) is 11.8 Å². The van der Waals surface area contributed by atoms with Crippen molar-refractivity contribution in [2.24, 2.45) is 11.8 Å². The summed E-state index contributed by atoms with van der Waals surface area (Å²) < 4.78 is 0. The van der Waals surface area contributed by atoms with Crippen molar-refractivity contribution in [1.82, 2.24) is 9.80 Å². The zero-order valence-electron chi connectivity index (χ0n) is 12.9. The van der Waals surface area contributed by atoms with Crippen LogP contribution in [0.25, 0.3) is 0 Å². The number of benzene rings is 1. The lowest BCUT2D eigenvalue weighted by Gasteiger charge is -2.18. The molecule has 1 aromatic rings. The Labute approximate surface area is 134 Å². The van der Waals surface area contributed by atoms with E-state index in [2.05, 4.69) is 0 Å². The van der Waals surface area contributed by atoms with E-state index in [9.17, 15) is 19.2 Å². The summed E-state index contributed by atoms with van der Waals surface area (Å²) in [6, 6.07) is 9.48. The van der Waals surface area contributed by atoms with Gasteiger partial charge in [0.25, 0.3) is 5.91 Å². The summed E-state index contributed by atoms with van der Waals surface area (Å²) in [5.74, 6) is -2.54. The third-order valence-electron chi connectivity index (χ3n) is 4.62. The van der Waals surface area contributed by atoms with Gasteiger partial charge in [0, 0.05) is 26.6 Å². The van der Waals surface area contributed by atoms with Crippen molar-refractivity contribution in [2.75, 3.05) is 20.1 Å². The number of aryl methyl sites for hydroxylation is 1. The van der Waals surface area contributed by atoms with Crippen molar-refractivity contribution in [1.29, 1.82) is 0 Å². The van der Waals surface area contributed by atoms with E-state index in [1.54, 1.807) is 0 Å². The van der Waals surface area contributed by atoms with Crippen molar-refractivity contribution in [3.63, 3.8) is 0 Å². The van der Waals surface area contributed by atoms with Gasteiger partial charge in [0.2, 0.25) is 17.6 Å². The molecular formula is C17H18N2O4. The monoisotopic (exact) mass is 314 g/mol. The minimum Gasteiger partial charge on any atom is -0.334 e. The van der Waals surface area contributed by atoms with Crippen LogP contribution in [0.5, 0.6) is 0 Å². The maximum atomic E-state index is 12.2. The predicted molar refractivity (Wildman–Crippen MR) is 81.1 cm³/mol. The van der Waals surface area contributed by atoms with Crippen LogP contribution in [0.15, 0.2) is 30.3 Å². The number of imide groups is 1. The van der Waals surface area contributed by atoms with E-state index in [-0.39, 0.29) is 31.3 Å². The largest absolute Gasteiger partial charge is 0.334 e. The van der Waals surface area contributed by atoms with Gasteiger partial charge in [-0.05, 0) is 12.0 Å². The normalized spacial score (nSPS) is 23.3. The number of hydrogen-bond acceptors (Lipinski definition) is 4. The Balaban J connectivity index is 1.58. The van der Waals surface area contributed by atoms with Gasteiger partial charge in [0.15, 0.2) is 0 Å². The minimum atomic E-state index is -0.585. The Morgan fingerprint density at radius 1 is 1.04 bits per heavy atom. The molecule has 6 heteroatoms. The second-order valence-corrected chi connectivity index (χ2v) is 6.07. The van der Waals surface area contributed by atoms with Crippen molar-refractivity contribution in [3.05, 3.63) is 35.9 Å². The Morgan fingerprint density at radius 2 is 1.61 bits per heavy atom. The first-order chi connectivity index (χ1) is 11.0. The molecule has 0 spiro atoms. The summed E-state index contributed by atoms with van der Waals surface area (Å²) in [7, 11) is 1.46. The van der Waals surface area contributed by atoms with E-state index in [0.29, 0.717) is 6.42 Å². The maximum absolute atomic E-state index is 12.2. The van der Waals surface area contributed by atoms with Gasteiger partial charge in [-0.2, -0.15) is 0 Å². The van der Waals surface area contributed by atoms with Crippen LogP contribution in [0.2, 0.25) is 0 Å². The summed E-state index contributed by atoms with van der Waals surface area (Å²) in [5.41, 5.74) is 0.999. The lowest BCUT2D eigenvalue weighted by Crippen LogP contribution is -2.39. The molecule has 120 valence electrons. The summed E-state index contributed by atoms with van der Waals surface area (Å²) in [4.78, 5) is 50.6. The van der Waals surface area contributed by atoms with Crippen molar-refractivity contribution in [3.8, 4) is 0 Å². The third kappa shape index (κ3) is 2.76. The van der Waals surface area contributed by atoms with E-state index in [4.69, 9.17) is 0 Å². The van der Waals surface area contributed by atoms with E-state index < -0.39 is 23.5 Å². The highest BCUT2D eigenvalue weighted by Gasteiger charge is 2.52. The van der Waals surface area contributed by atoms with Gasteiger partial charge in [-0.15, -0.1) is 0 Å². The number of hydrogen-bond donors (Lipinski definition) is 0. The van der Waals surface area contributed by atoms with Crippen LogP contribution < -0.4 is 0 Å². The zero-order chi connectivity index (χ0) is 16.6. The lowest BCUT2D eigenvalue weighted by atomic mass is 10.00. The number of amides is 3. The second-order valence-electron chi connectivity index (χ2n) is 6.07. The average Bonchev–Trinajstić information content (AvgIpc) is 3.09. The Morgan fingerprint density at radius 3 is 2.17 bits per heavy atom. The highest BCUT2D eigenvalue weighted by molar-refractivity contribution is 6.36. The summed E-state index contributed by atoms with van der Waals surface area (Å²) in [6.45, 7) is 0.324. The smallest absolute Gasteiger partial charge is 0.289 e. The summed E-state index contributed by atoms with van der Waals surface area (Å²) in [6.07, 6.45) is 0.642. The van der Waals surface area contributed by atoms with Crippen LogP contribution in [0.4, 0.5) is 0 Å². The van der Waals surface area contributed by atoms with E-state index in [1.165, 1.54) is 11.9 Å². The van der Waals surface area contributed by atoms with Crippen LogP contribution in [-0.4, -0.2) is 53.4 Å². The molecule has 2 atom stereocenters. The SMILES string of the molecule is CN1C(=O)[C@H]2CN(C(=O)C(=O)CCc3ccccc3)C[C@H]2C1=O. The number of ketones is 1. The number of carbonyl (C=O) groups excluding carboxylic acids is 4. The molecular weight excluding hydrogens is 296 g/mol. The molecule has 2 saturated heterocycles. The molecule has 0 bridgehead atoms. The van der Waals surface area contributed by atoms with Gasteiger partial charge >= 0.3 is 0 Å². The second kappa shape index (κ2) is 5.95. The molecule has 0 aromatic heterocycles. The van der Waals surface area contributed by atoms with E-state index in [1.807, 2.05) is 30.3 Å². The Hall–Kier alpha value is -2.50. The fourth-order valence-corrected chi connectivity index (χ4v) is 3.26. The molecule has 2 aliphatic rings. The first kappa shape index (κ1) is 15.4. The molecule has 3 rings (SSSR count). The minimum absolute atomic E-state index is 0.135. The van der Waals surface area contributed by atoms with Crippen LogP contribution in [0.1, 0.15) is 12.0 Å². The molecule has 0 radical (unpaired) electrons. The number of nitrogens with zero attached hydrogens (tertiary/aromatic N) is 2. The number of likely N-dealkylation sites (tertiary alicyclic amines) is 2. The molecule has 0 aliphatic carbocycles. The standard InChI is InChI=1S/C17H18N2O4/c1-18-15(21)12-9-19(10-13(12)16(18)22)17(23)14(20)8-7-11-5-3-2-4-6-11/h2-6,12-13H,7-10H2,1H3/t12-,13+. The topological polar surface area (TPSA) is 74.8 Å². The lowest BCUT2D eigenvalue weighted by molar-refractivity contribution is -0.145. The average molecular weight is 314 g/mol. The van der Waals surface area contributed by atoms with Crippen LogP contribution >= 0.6 is 0 Å². The molecule has 0 N–H and O–H groups in total. The van der Waals surface area contributed by atoms with Crippen molar-refractivity contribution < 1.29 is 19.2 Å². The van der Waals surface area contributed by atoms with Crippen LogP contribution in [-0.2, 0) is 25.6 Å². The maximum Gasteiger partial charge on any atom is 0.289 e. The van der Waals surface area contributed by atoms with Crippen LogP contribution in [0.3, 0.4) is 0 Å².